The number of nitrogens with zero attached hydrogens (tertiary/aromatic N) is 2. The number of benzene rings is 11. The summed E-state index contributed by atoms with van der Waals surface area (Å²) in [5.41, 5.74) is 20.2. The molecule has 0 bridgehead atoms. The largest absolute Gasteiger partial charge is 0.455 e. The van der Waals surface area contributed by atoms with Crippen LogP contribution in [0, 0.1) is 0 Å². The van der Waals surface area contributed by atoms with Crippen LogP contribution < -0.4 is 4.90 Å². The van der Waals surface area contributed by atoms with E-state index >= 15 is 0 Å². The van der Waals surface area contributed by atoms with Crippen LogP contribution in [0.1, 0.15) is 0 Å². The molecule has 0 unspecified atom stereocenters. The summed E-state index contributed by atoms with van der Waals surface area (Å²) in [6, 6.07) is 96.0. The molecule has 13 rings (SSSR count). The summed E-state index contributed by atoms with van der Waals surface area (Å²) in [6.07, 6.45) is 0. The van der Waals surface area contributed by atoms with E-state index in [9.17, 15) is 0 Å². The topological polar surface area (TPSA) is 21.3 Å². The Morgan fingerprint density at radius 1 is 0.275 bits per heavy atom. The Kier molecular flexibility index (Phi) is 9.84. The molecule has 0 fully saturated rings. The molecule has 3 nitrogen and oxygen atoms in total. The summed E-state index contributed by atoms with van der Waals surface area (Å²) in [5.74, 6) is 0. The second-order valence-corrected chi connectivity index (χ2v) is 17.7. The third kappa shape index (κ3) is 7.25. The third-order valence-corrected chi connectivity index (χ3v) is 13.6. The van der Waals surface area contributed by atoms with Crippen molar-refractivity contribution in [2.75, 3.05) is 4.90 Å². The summed E-state index contributed by atoms with van der Waals surface area (Å²) in [4.78, 5) is 2.34. The molecule has 324 valence electrons. The highest BCUT2D eigenvalue weighted by molar-refractivity contribution is 6.11. The standard InChI is InChI=1S/C66H44N2O/c1-3-14-45(15-4-1)47-28-35-54(36-29-47)67(55-37-30-48(31-38-55)46-16-5-2-6-17-46)56-39-32-49(33-40-56)52-34-41-64-62(44-52)59-22-7-9-26-63(59)68(64)57-21-12-19-51(43-57)50-18-11-20-53(42-50)58-24-13-25-61-60-23-8-10-27-65(60)69-66(58)61/h1-44H. The van der Waals surface area contributed by atoms with Crippen molar-refractivity contribution in [1.29, 1.82) is 0 Å². The van der Waals surface area contributed by atoms with Crippen LogP contribution in [-0.4, -0.2) is 4.57 Å². The van der Waals surface area contributed by atoms with E-state index in [4.69, 9.17) is 4.42 Å². The van der Waals surface area contributed by atoms with Crippen LogP contribution in [0.4, 0.5) is 17.1 Å². The number of hydrogen-bond donors (Lipinski definition) is 0. The Balaban J connectivity index is 0.844. The lowest BCUT2D eigenvalue weighted by Crippen LogP contribution is -2.09. The molecule has 0 saturated heterocycles. The van der Waals surface area contributed by atoms with Gasteiger partial charge in [-0.15, -0.1) is 0 Å². The van der Waals surface area contributed by atoms with Gasteiger partial charge in [0.1, 0.15) is 11.2 Å². The third-order valence-electron chi connectivity index (χ3n) is 13.6. The number of anilines is 3. The molecule has 0 radical (unpaired) electrons. The van der Waals surface area contributed by atoms with E-state index in [2.05, 4.69) is 264 Å². The average molecular weight is 881 g/mol. The smallest absolute Gasteiger partial charge is 0.143 e. The summed E-state index contributed by atoms with van der Waals surface area (Å²) in [6.45, 7) is 0. The number of furan rings is 1. The molecule has 69 heavy (non-hydrogen) atoms. The lowest BCUT2D eigenvalue weighted by atomic mass is 9.97. The van der Waals surface area contributed by atoms with Crippen LogP contribution in [0.25, 0.3) is 105 Å². The quantitative estimate of drug-likeness (QED) is 0.144. The lowest BCUT2D eigenvalue weighted by Gasteiger charge is -2.26. The van der Waals surface area contributed by atoms with Gasteiger partial charge in [0.15, 0.2) is 0 Å². The zero-order valence-electron chi connectivity index (χ0n) is 37.7. The highest BCUT2D eigenvalue weighted by Crippen LogP contribution is 2.41. The van der Waals surface area contributed by atoms with E-state index in [0.29, 0.717) is 0 Å². The molecule has 2 aromatic heterocycles. The highest BCUT2D eigenvalue weighted by atomic mass is 16.3. The van der Waals surface area contributed by atoms with Crippen molar-refractivity contribution in [3.63, 3.8) is 0 Å². The molecule has 0 N–H and O–H groups in total. The van der Waals surface area contributed by atoms with Crippen molar-refractivity contribution < 1.29 is 4.42 Å². The molecule has 0 aliphatic rings. The van der Waals surface area contributed by atoms with Gasteiger partial charge in [-0.3, -0.25) is 0 Å². The second kappa shape index (κ2) is 16.9. The van der Waals surface area contributed by atoms with Crippen molar-refractivity contribution in [1.82, 2.24) is 4.57 Å². The molecular weight excluding hydrogens is 837 g/mol. The molecule has 0 saturated carbocycles. The zero-order valence-corrected chi connectivity index (χ0v) is 37.7. The van der Waals surface area contributed by atoms with E-state index < -0.39 is 0 Å². The molecule has 0 spiro atoms. The normalized spacial score (nSPS) is 11.5. The Labute approximate surface area is 401 Å². The van der Waals surface area contributed by atoms with Crippen LogP contribution in [0.3, 0.4) is 0 Å². The molecule has 0 aliphatic carbocycles. The molecule has 11 aromatic carbocycles. The number of aromatic nitrogens is 1. The van der Waals surface area contributed by atoms with Gasteiger partial charge >= 0.3 is 0 Å². The molecule has 2 heterocycles. The second-order valence-electron chi connectivity index (χ2n) is 17.7. The minimum absolute atomic E-state index is 0.908. The first kappa shape index (κ1) is 40.1. The van der Waals surface area contributed by atoms with Crippen LogP contribution in [-0.2, 0) is 0 Å². The van der Waals surface area contributed by atoms with E-state index in [-0.39, 0.29) is 0 Å². The Hall–Kier alpha value is -9.18. The van der Waals surface area contributed by atoms with Gasteiger partial charge in [0, 0.05) is 49.9 Å². The summed E-state index contributed by atoms with van der Waals surface area (Å²) in [7, 11) is 0. The molecular formula is C66H44N2O. The minimum Gasteiger partial charge on any atom is -0.455 e. The fourth-order valence-corrected chi connectivity index (χ4v) is 10.2. The van der Waals surface area contributed by atoms with E-state index in [1.165, 1.54) is 49.6 Å². The van der Waals surface area contributed by atoms with Gasteiger partial charge in [-0.2, -0.15) is 0 Å². The maximum absolute atomic E-state index is 6.44. The SMILES string of the molecule is c1ccc(-c2ccc(N(c3ccc(-c4ccccc4)cc3)c3ccc(-c4ccc5c(c4)c4ccccc4n5-c4cccc(-c5cccc(-c6cccc7c6oc6ccccc67)c5)c4)cc3)cc2)cc1. The van der Waals surface area contributed by atoms with E-state index in [1.807, 2.05) is 12.1 Å². The minimum atomic E-state index is 0.908. The number of fused-ring (bicyclic) bond motifs is 6. The first-order chi connectivity index (χ1) is 34.2. The van der Waals surface area contributed by atoms with Crippen LogP contribution >= 0.6 is 0 Å². The zero-order chi connectivity index (χ0) is 45.7. The maximum Gasteiger partial charge on any atom is 0.143 e. The average Bonchev–Trinajstić information content (AvgIpc) is 3.98. The fourth-order valence-electron chi connectivity index (χ4n) is 10.2. The van der Waals surface area contributed by atoms with Gasteiger partial charge in [-0.05, 0) is 129 Å². The van der Waals surface area contributed by atoms with Crippen LogP contribution in [0.15, 0.2) is 271 Å². The number of para-hydroxylation sites is 3. The van der Waals surface area contributed by atoms with Gasteiger partial charge < -0.3 is 13.9 Å². The predicted octanol–water partition coefficient (Wildman–Crippen LogP) is 18.5. The van der Waals surface area contributed by atoms with E-state index in [1.54, 1.807) is 0 Å². The highest BCUT2D eigenvalue weighted by Gasteiger charge is 2.18. The molecule has 0 aliphatic heterocycles. The fraction of sp³-hybridized carbons (Fsp3) is 0. The lowest BCUT2D eigenvalue weighted by molar-refractivity contribution is 0.670. The van der Waals surface area contributed by atoms with Gasteiger partial charge in [0.05, 0.1) is 11.0 Å². The monoisotopic (exact) mass is 880 g/mol. The number of rotatable bonds is 9. The Morgan fingerprint density at radius 3 is 1.39 bits per heavy atom. The van der Waals surface area contributed by atoms with Gasteiger partial charge in [0.25, 0.3) is 0 Å². The van der Waals surface area contributed by atoms with Crippen LogP contribution in [0.2, 0.25) is 0 Å². The van der Waals surface area contributed by atoms with Crippen molar-refractivity contribution >= 4 is 60.8 Å². The molecule has 3 heteroatoms. The number of hydrogen-bond acceptors (Lipinski definition) is 2. The Bertz CT molecular complexity index is 3900. The first-order valence-corrected chi connectivity index (χ1v) is 23.6. The van der Waals surface area contributed by atoms with E-state index in [0.717, 1.165) is 72.5 Å². The summed E-state index contributed by atoms with van der Waals surface area (Å²) in [5, 5.41) is 4.72. The Morgan fingerprint density at radius 2 is 0.725 bits per heavy atom. The van der Waals surface area contributed by atoms with Crippen molar-refractivity contribution in [3.05, 3.63) is 267 Å². The maximum atomic E-state index is 6.44. The van der Waals surface area contributed by atoms with Crippen molar-refractivity contribution in [2.24, 2.45) is 0 Å². The molecule has 13 aromatic rings. The van der Waals surface area contributed by atoms with Crippen LogP contribution in [0.5, 0.6) is 0 Å². The van der Waals surface area contributed by atoms with Gasteiger partial charge in [-0.1, -0.05) is 188 Å². The van der Waals surface area contributed by atoms with Crippen molar-refractivity contribution in [3.8, 4) is 61.3 Å². The first-order valence-electron chi connectivity index (χ1n) is 23.6. The molecule has 0 atom stereocenters. The van der Waals surface area contributed by atoms with Gasteiger partial charge in [-0.25, -0.2) is 0 Å². The van der Waals surface area contributed by atoms with Crippen molar-refractivity contribution in [2.45, 2.75) is 0 Å². The molecule has 0 amide bonds. The summed E-state index contributed by atoms with van der Waals surface area (Å²) >= 11 is 0. The predicted molar refractivity (Wildman–Crippen MR) is 290 cm³/mol. The van der Waals surface area contributed by atoms with Gasteiger partial charge in [0.2, 0.25) is 0 Å². The summed E-state index contributed by atoms with van der Waals surface area (Å²) < 4.78 is 8.85.